The van der Waals surface area contributed by atoms with Crippen molar-refractivity contribution in [3.05, 3.63) is 42.0 Å². The topological polar surface area (TPSA) is 61.4 Å². The van der Waals surface area contributed by atoms with E-state index in [9.17, 15) is 4.79 Å². The van der Waals surface area contributed by atoms with Crippen molar-refractivity contribution in [2.45, 2.75) is 39.0 Å². The number of likely N-dealkylation sites (tertiary alicyclic amines) is 1. The van der Waals surface area contributed by atoms with Crippen LogP contribution in [0.15, 0.2) is 36.4 Å². The number of carbonyl (C=O) groups excluding carboxylic acids is 1. The fourth-order valence-corrected chi connectivity index (χ4v) is 4.44. The van der Waals surface area contributed by atoms with Crippen LogP contribution in [-0.2, 0) is 4.79 Å². The first kappa shape index (κ1) is 20.8. The lowest BCUT2D eigenvalue weighted by molar-refractivity contribution is -0.125. The number of aromatic nitrogens is 2. The van der Waals surface area contributed by atoms with Crippen LogP contribution in [0.1, 0.15) is 37.7 Å². The lowest BCUT2D eigenvalue weighted by Gasteiger charge is -2.32. The van der Waals surface area contributed by atoms with E-state index in [0.29, 0.717) is 0 Å². The number of benzene rings is 1. The summed E-state index contributed by atoms with van der Waals surface area (Å²) in [5, 5.41) is 12.0. The van der Waals surface area contributed by atoms with E-state index in [1.165, 1.54) is 31.5 Å². The first-order valence-corrected chi connectivity index (χ1v) is 11.3. The van der Waals surface area contributed by atoms with Crippen LogP contribution in [-0.4, -0.2) is 60.3 Å². The first-order chi connectivity index (χ1) is 14.7. The molecule has 0 aliphatic carbocycles. The molecule has 2 aliphatic heterocycles. The molecule has 1 atom stereocenters. The molecule has 2 aliphatic rings. The summed E-state index contributed by atoms with van der Waals surface area (Å²) in [6.45, 7) is 8.03. The van der Waals surface area contributed by atoms with Gasteiger partial charge in [-0.1, -0.05) is 29.8 Å². The van der Waals surface area contributed by atoms with Gasteiger partial charge in [0.2, 0.25) is 5.91 Å². The van der Waals surface area contributed by atoms with E-state index in [0.717, 1.165) is 62.5 Å². The second-order valence-corrected chi connectivity index (χ2v) is 8.62. The van der Waals surface area contributed by atoms with Crippen LogP contribution < -0.4 is 10.2 Å². The summed E-state index contributed by atoms with van der Waals surface area (Å²) in [6, 6.07) is 12.4. The quantitative estimate of drug-likeness (QED) is 0.714. The van der Waals surface area contributed by atoms with Crippen molar-refractivity contribution in [1.29, 1.82) is 0 Å². The highest BCUT2D eigenvalue weighted by molar-refractivity contribution is 5.79. The Bertz CT molecular complexity index is 814. The van der Waals surface area contributed by atoms with Crippen LogP contribution in [0.3, 0.4) is 0 Å². The number of anilines is 1. The highest BCUT2D eigenvalue weighted by atomic mass is 16.1. The van der Waals surface area contributed by atoms with Gasteiger partial charge in [0, 0.05) is 25.2 Å². The summed E-state index contributed by atoms with van der Waals surface area (Å²) in [5.74, 6) is 1.08. The van der Waals surface area contributed by atoms with Crippen molar-refractivity contribution in [2.75, 3.05) is 44.2 Å². The average molecular weight is 408 g/mol. The number of rotatable bonds is 7. The van der Waals surface area contributed by atoms with Crippen molar-refractivity contribution in [2.24, 2.45) is 5.92 Å². The molecule has 2 aromatic rings. The molecule has 30 heavy (non-hydrogen) atoms. The van der Waals surface area contributed by atoms with Crippen LogP contribution in [0.2, 0.25) is 0 Å². The van der Waals surface area contributed by atoms with Gasteiger partial charge in [0.1, 0.15) is 0 Å². The number of amides is 1. The maximum atomic E-state index is 12.7. The van der Waals surface area contributed by atoms with E-state index in [-0.39, 0.29) is 11.8 Å². The van der Waals surface area contributed by atoms with Gasteiger partial charge in [0.15, 0.2) is 5.82 Å². The van der Waals surface area contributed by atoms with Crippen LogP contribution in [0.4, 0.5) is 5.82 Å². The van der Waals surface area contributed by atoms with E-state index < -0.39 is 0 Å². The molecule has 0 radical (unpaired) electrons. The number of hydrogen-bond donors (Lipinski definition) is 1. The van der Waals surface area contributed by atoms with E-state index in [2.05, 4.69) is 56.5 Å². The maximum absolute atomic E-state index is 12.7. The van der Waals surface area contributed by atoms with Crippen molar-refractivity contribution in [1.82, 2.24) is 20.4 Å². The molecule has 1 N–H and O–H groups in total. The minimum atomic E-state index is 0.0316. The fraction of sp³-hybridized carbons (Fsp3) is 0.542. The van der Waals surface area contributed by atoms with E-state index in [1.54, 1.807) is 0 Å². The minimum absolute atomic E-state index is 0.0316. The lowest BCUT2D eigenvalue weighted by atomic mass is 9.97. The molecule has 1 amide bonds. The summed E-state index contributed by atoms with van der Waals surface area (Å²) in [6.07, 6.45) is 5.63. The van der Waals surface area contributed by atoms with Gasteiger partial charge >= 0.3 is 0 Å². The third kappa shape index (κ3) is 5.36. The Morgan fingerprint density at radius 1 is 1.03 bits per heavy atom. The molecule has 0 spiro atoms. The number of carbonyl (C=O) groups is 1. The van der Waals surface area contributed by atoms with Gasteiger partial charge in [-0.3, -0.25) is 4.79 Å². The van der Waals surface area contributed by atoms with Crippen LogP contribution in [0.5, 0.6) is 0 Å². The standard InChI is InChI=1S/C24H33N5O/c1-19-7-9-20(10-8-19)22-11-12-23(27-26-22)29-17-4-6-21(18-29)24(30)25-13-5-16-28-14-2-3-15-28/h7-12,21H,2-6,13-18H2,1H3,(H,25,30)/t21-/m1/s1. The molecule has 1 aromatic heterocycles. The number of nitrogens with one attached hydrogen (secondary N) is 1. The molecule has 0 unspecified atom stereocenters. The highest BCUT2D eigenvalue weighted by Crippen LogP contribution is 2.23. The molecule has 1 aromatic carbocycles. The summed E-state index contributed by atoms with van der Waals surface area (Å²) >= 11 is 0. The molecule has 2 fully saturated rings. The average Bonchev–Trinajstić information content (AvgIpc) is 3.31. The lowest BCUT2D eigenvalue weighted by Crippen LogP contribution is -2.44. The Morgan fingerprint density at radius 2 is 1.83 bits per heavy atom. The Hall–Kier alpha value is -2.47. The summed E-state index contributed by atoms with van der Waals surface area (Å²) < 4.78 is 0. The third-order valence-electron chi connectivity index (χ3n) is 6.26. The van der Waals surface area contributed by atoms with Crippen LogP contribution in [0.25, 0.3) is 11.3 Å². The molecule has 4 rings (SSSR count). The first-order valence-electron chi connectivity index (χ1n) is 11.3. The smallest absolute Gasteiger partial charge is 0.224 e. The zero-order valence-corrected chi connectivity index (χ0v) is 18.0. The predicted octanol–water partition coefficient (Wildman–Crippen LogP) is 3.27. The molecule has 2 saturated heterocycles. The molecule has 6 heteroatoms. The van der Waals surface area contributed by atoms with Crippen LogP contribution >= 0.6 is 0 Å². The minimum Gasteiger partial charge on any atom is -0.356 e. The molecular formula is C24H33N5O. The van der Waals surface area contributed by atoms with Crippen molar-refractivity contribution in [3.63, 3.8) is 0 Å². The van der Waals surface area contributed by atoms with Gasteiger partial charge in [-0.2, -0.15) is 0 Å². The zero-order valence-electron chi connectivity index (χ0n) is 18.0. The molecule has 0 saturated carbocycles. The molecular weight excluding hydrogens is 374 g/mol. The number of nitrogens with zero attached hydrogens (tertiary/aromatic N) is 4. The SMILES string of the molecule is Cc1ccc(-c2ccc(N3CCC[C@@H](C(=O)NCCCN4CCCC4)C3)nn2)cc1. The fourth-order valence-electron chi connectivity index (χ4n) is 4.44. The Labute approximate surface area is 179 Å². The van der Waals surface area contributed by atoms with Crippen molar-refractivity contribution < 1.29 is 4.79 Å². The Balaban J connectivity index is 1.27. The number of hydrogen-bond acceptors (Lipinski definition) is 5. The van der Waals surface area contributed by atoms with E-state index in [4.69, 9.17) is 0 Å². The Kier molecular flexibility index (Phi) is 6.95. The van der Waals surface area contributed by atoms with Crippen LogP contribution in [0, 0.1) is 12.8 Å². The van der Waals surface area contributed by atoms with Gasteiger partial charge in [0.25, 0.3) is 0 Å². The second kappa shape index (κ2) is 10.0. The number of aryl methyl sites for hydroxylation is 1. The summed E-state index contributed by atoms with van der Waals surface area (Å²) in [5.41, 5.74) is 3.18. The van der Waals surface area contributed by atoms with Gasteiger partial charge in [-0.05, 0) is 70.8 Å². The largest absolute Gasteiger partial charge is 0.356 e. The molecule has 6 nitrogen and oxygen atoms in total. The molecule has 0 bridgehead atoms. The summed E-state index contributed by atoms with van der Waals surface area (Å²) in [4.78, 5) is 17.3. The summed E-state index contributed by atoms with van der Waals surface area (Å²) in [7, 11) is 0. The zero-order chi connectivity index (χ0) is 20.8. The monoisotopic (exact) mass is 407 g/mol. The molecule has 160 valence electrons. The number of piperidine rings is 1. The Morgan fingerprint density at radius 3 is 2.57 bits per heavy atom. The second-order valence-electron chi connectivity index (χ2n) is 8.62. The van der Waals surface area contributed by atoms with Crippen molar-refractivity contribution >= 4 is 11.7 Å². The molecule has 3 heterocycles. The van der Waals surface area contributed by atoms with Crippen molar-refractivity contribution in [3.8, 4) is 11.3 Å². The normalized spacial score (nSPS) is 19.8. The highest BCUT2D eigenvalue weighted by Gasteiger charge is 2.26. The third-order valence-corrected chi connectivity index (χ3v) is 6.26. The maximum Gasteiger partial charge on any atom is 0.224 e. The van der Waals surface area contributed by atoms with Gasteiger partial charge in [0.05, 0.1) is 11.6 Å². The van der Waals surface area contributed by atoms with E-state index >= 15 is 0 Å². The van der Waals surface area contributed by atoms with E-state index in [1.807, 2.05) is 12.1 Å². The van der Waals surface area contributed by atoms with Gasteiger partial charge < -0.3 is 15.1 Å². The van der Waals surface area contributed by atoms with Gasteiger partial charge in [-0.15, -0.1) is 10.2 Å². The van der Waals surface area contributed by atoms with Gasteiger partial charge in [-0.25, -0.2) is 0 Å². The predicted molar refractivity (Wildman–Crippen MR) is 120 cm³/mol.